The summed E-state index contributed by atoms with van der Waals surface area (Å²) < 4.78 is 14.8. The molecule has 1 unspecified atom stereocenters. The quantitative estimate of drug-likeness (QED) is 0.890. The molecule has 2 aromatic heterocycles. The molecule has 0 saturated carbocycles. The van der Waals surface area contributed by atoms with Gasteiger partial charge in [-0.15, -0.1) is 0 Å². The summed E-state index contributed by atoms with van der Waals surface area (Å²) in [7, 11) is 0. The van der Waals surface area contributed by atoms with E-state index in [0.717, 1.165) is 12.4 Å². The molecule has 19 heavy (non-hydrogen) atoms. The Bertz CT molecular complexity index is 536. The molecule has 1 atom stereocenters. The first kappa shape index (κ1) is 13.6. The standard InChI is InChI=1S/C13H18FN5/c1-3-13(15,11-6-5-10(14)8-16-11)7-12-17-9-18-19(12)4-2/h5-6,8-9H,3-4,7,15H2,1-2H3. The van der Waals surface area contributed by atoms with Crippen molar-refractivity contribution in [3.8, 4) is 0 Å². The molecule has 102 valence electrons. The van der Waals surface area contributed by atoms with Crippen molar-refractivity contribution in [2.45, 2.75) is 38.8 Å². The predicted molar refractivity (Wildman–Crippen MR) is 69.8 cm³/mol. The number of hydrogen-bond donors (Lipinski definition) is 1. The zero-order valence-corrected chi connectivity index (χ0v) is 11.2. The largest absolute Gasteiger partial charge is 0.320 e. The Morgan fingerprint density at radius 3 is 2.68 bits per heavy atom. The Morgan fingerprint density at radius 1 is 1.32 bits per heavy atom. The number of nitrogens with two attached hydrogens (primary N) is 1. The second kappa shape index (κ2) is 5.44. The first-order valence-electron chi connectivity index (χ1n) is 6.36. The molecule has 2 aromatic rings. The maximum atomic E-state index is 12.9. The number of hydrogen-bond acceptors (Lipinski definition) is 4. The Balaban J connectivity index is 2.30. The summed E-state index contributed by atoms with van der Waals surface area (Å²) in [6.45, 7) is 4.72. The highest BCUT2D eigenvalue weighted by Crippen LogP contribution is 2.24. The molecule has 0 bridgehead atoms. The molecule has 0 radical (unpaired) electrons. The lowest BCUT2D eigenvalue weighted by Gasteiger charge is -2.27. The first-order valence-corrected chi connectivity index (χ1v) is 6.36. The number of nitrogens with zero attached hydrogens (tertiary/aromatic N) is 4. The van der Waals surface area contributed by atoms with Crippen molar-refractivity contribution in [1.29, 1.82) is 0 Å². The molecule has 0 aliphatic heterocycles. The predicted octanol–water partition coefficient (Wildman–Crippen LogP) is 1.64. The van der Waals surface area contributed by atoms with E-state index >= 15 is 0 Å². The molecule has 2 heterocycles. The number of aryl methyl sites for hydroxylation is 1. The minimum Gasteiger partial charge on any atom is -0.320 e. The van der Waals surface area contributed by atoms with Gasteiger partial charge in [-0.2, -0.15) is 5.10 Å². The van der Waals surface area contributed by atoms with E-state index in [4.69, 9.17) is 5.73 Å². The van der Waals surface area contributed by atoms with Crippen LogP contribution in [0, 0.1) is 5.82 Å². The molecule has 6 heteroatoms. The molecule has 2 N–H and O–H groups in total. The Kier molecular flexibility index (Phi) is 3.90. The second-order valence-electron chi connectivity index (χ2n) is 4.54. The van der Waals surface area contributed by atoms with Crippen molar-refractivity contribution in [3.63, 3.8) is 0 Å². The van der Waals surface area contributed by atoms with Crippen molar-refractivity contribution >= 4 is 0 Å². The highest BCUT2D eigenvalue weighted by Gasteiger charge is 2.29. The summed E-state index contributed by atoms with van der Waals surface area (Å²) in [5.41, 5.74) is 6.43. The van der Waals surface area contributed by atoms with Gasteiger partial charge < -0.3 is 5.73 Å². The van der Waals surface area contributed by atoms with Gasteiger partial charge in [0.1, 0.15) is 18.0 Å². The minimum absolute atomic E-state index is 0.362. The lowest BCUT2D eigenvalue weighted by molar-refractivity contribution is 0.391. The van der Waals surface area contributed by atoms with Gasteiger partial charge in [-0.05, 0) is 25.5 Å². The van der Waals surface area contributed by atoms with Crippen LogP contribution in [0.15, 0.2) is 24.7 Å². The number of pyridine rings is 1. The van der Waals surface area contributed by atoms with Gasteiger partial charge in [0.25, 0.3) is 0 Å². The molecular weight excluding hydrogens is 245 g/mol. The van der Waals surface area contributed by atoms with E-state index < -0.39 is 5.54 Å². The van der Waals surface area contributed by atoms with Crippen LogP contribution in [0.5, 0.6) is 0 Å². The second-order valence-corrected chi connectivity index (χ2v) is 4.54. The number of halogens is 1. The molecule has 0 amide bonds. The summed E-state index contributed by atoms with van der Waals surface area (Å²) in [5.74, 6) is 0.455. The molecule has 0 aliphatic rings. The van der Waals surface area contributed by atoms with Crippen LogP contribution < -0.4 is 5.73 Å². The van der Waals surface area contributed by atoms with Gasteiger partial charge in [0.2, 0.25) is 0 Å². The maximum Gasteiger partial charge on any atom is 0.141 e. The van der Waals surface area contributed by atoms with Crippen LogP contribution in [-0.4, -0.2) is 19.7 Å². The van der Waals surface area contributed by atoms with Crippen LogP contribution >= 0.6 is 0 Å². The first-order chi connectivity index (χ1) is 9.09. The molecule has 2 rings (SSSR count). The molecular formula is C13H18FN5. The Labute approximate surface area is 111 Å². The molecule has 0 spiro atoms. The van der Waals surface area contributed by atoms with Crippen molar-refractivity contribution in [2.24, 2.45) is 5.73 Å². The molecule has 0 saturated heterocycles. The molecule has 5 nitrogen and oxygen atoms in total. The van der Waals surface area contributed by atoms with Gasteiger partial charge in [-0.1, -0.05) is 6.92 Å². The van der Waals surface area contributed by atoms with E-state index in [1.54, 1.807) is 10.7 Å². The fraction of sp³-hybridized carbons (Fsp3) is 0.462. The zero-order valence-electron chi connectivity index (χ0n) is 11.2. The average Bonchev–Trinajstić information content (AvgIpc) is 2.86. The summed E-state index contributed by atoms with van der Waals surface area (Å²) in [6.07, 6.45) is 3.92. The number of rotatable bonds is 5. The van der Waals surface area contributed by atoms with Gasteiger partial charge in [0, 0.05) is 13.0 Å². The SMILES string of the molecule is CCn1ncnc1CC(N)(CC)c1ccc(F)cn1. The fourth-order valence-electron chi connectivity index (χ4n) is 2.04. The van der Waals surface area contributed by atoms with Crippen molar-refractivity contribution < 1.29 is 4.39 Å². The highest BCUT2D eigenvalue weighted by atomic mass is 19.1. The van der Waals surface area contributed by atoms with Crippen LogP contribution in [-0.2, 0) is 18.5 Å². The maximum absolute atomic E-state index is 12.9. The third-order valence-electron chi connectivity index (χ3n) is 3.34. The van der Waals surface area contributed by atoms with Gasteiger partial charge in [-0.25, -0.2) is 9.37 Å². The van der Waals surface area contributed by atoms with Gasteiger partial charge in [0.15, 0.2) is 0 Å². The van der Waals surface area contributed by atoms with Gasteiger partial charge in [-0.3, -0.25) is 9.67 Å². The van der Waals surface area contributed by atoms with Crippen LogP contribution in [0.25, 0.3) is 0 Å². The topological polar surface area (TPSA) is 69.6 Å². The van der Waals surface area contributed by atoms with E-state index in [1.165, 1.54) is 18.6 Å². The van der Waals surface area contributed by atoms with Crippen LogP contribution in [0.2, 0.25) is 0 Å². The van der Waals surface area contributed by atoms with E-state index in [0.29, 0.717) is 18.5 Å². The van der Waals surface area contributed by atoms with Crippen molar-refractivity contribution in [3.05, 3.63) is 42.0 Å². The Morgan fingerprint density at radius 2 is 2.11 bits per heavy atom. The summed E-state index contributed by atoms with van der Waals surface area (Å²) in [5, 5.41) is 4.13. The van der Waals surface area contributed by atoms with Crippen molar-refractivity contribution in [2.75, 3.05) is 0 Å². The third kappa shape index (κ3) is 2.78. The summed E-state index contributed by atoms with van der Waals surface area (Å²) in [4.78, 5) is 8.33. The third-order valence-corrected chi connectivity index (χ3v) is 3.34. The normalized spacial score (nSPS) is 14.3. The average molecular weight is 263 g/mol. The van der Waals surface area contributed by atoms with Crippen LogP contribution in [0.1, 0.15) is 31.8 Å². The van der Waals surface area contributed by atoms with E-state index in [9.17, 15) is 4.39 Å². The van der Waals surface area contributed by atoms with Crippen LogP contribution in [0.3, 0.4) is 0 Å². The molecule has 0 fully saturated rings. The lowest BCUT2D eigenvalue weighted by Crippen LogP contribution is -2.40. The summed E-state index contributed by atoms with van der Waals surface area (Å²) >= 11 is 0. The lowest BCUT2D eigenvalue weighted by atomic mass is 9.88. The van der Waals surface area contributed by atoms with E-state index in [-0.39, 0.29) is 5.82 Å². The van der Waals surface area contributed by atoms with Gasteiger partial charge >= 0.3 is 0 Å². The molecule has 0 aliphatic carbocycles. The number of aromatic nitrogens is 4. The zero-order chi connectivity index (χ0) is 13.9. The Hall–Kier alpha value is -1.82. The van der Waals surface area contributed by atoms with Gasteiger partial charge in [0.05, 0.1) is 17.4 Å². The molecule has 0 aromatic carbocycles. The highest BCUT2D eigenvalue weighted by molar-refractivity contribution is 5.18. The van der Waals surface area contributed by atoms with E-state index in [1.807, 2.05) is 13.8 Å². The minimum atomic E-state index is -0.659. The monoisotopic (exact) mass is 263 g/mol. The fourth-order valence-corrected chi connectivity index (χ4v) is 2.04. The van der Waals surface area contributed by atoms with E-state index in [2.05, 4.69) is 15.1 Å². The summed E-state index contributed by atoms with van der Waals surface area (Å²) in [6, 6.07) is 3.01. The smallest absolute Gasteiger partial charge is 0.141 e. The van der Waals surface area contributed by atoms with Crippen LogP contribution in [0.4, 0.5) is 4.39 Å². The van der Waals surface area contributed by atoms with Crippen molar-refractivity contribution in [1.82, 2.24) is 19.7 Å².